The minimum Gasteiger partial charge on any atom is -0.488 e. The molecule has 0 saturated carbocycles. The maximum Gasteiger partial charge on any atom is 0.129 e. The molecule has 0 atom stereocenters. The molecule has 2 N–H and O–H groups in total. The van der Waals surface area contributed by atoms with E-state index in [4.69, 9.17) is 10.5 Å². The highest BCUT2D eigenvalue weighted by atomic mass is 19.1. The fraction of sp³-hybridized carbons (Fsp3) is 0.111. The van der Waals surface area contributed by atoms with Crippen LogP contribution >= 0.6 is 0 Å². The van der Waals surface area contributed by atoms with Crippen LogP contribution < -0.4 is 10.5 Å². The normalized spacial score (nSPS) is 10.8. The molecule has 106 valence electrons. The quantitative estimate of drug-likeness (QED) is 0.784. The number of rotatable bonds is 4. The van der Waals surface area contributed by atoms with Crippen LogP contribution in [0.1, 0.15) is 11.1 Å². The molecule has 3 heteroatoms. The monoisotopic (exact) mass is 281 g/mol. The first kappa shape index (κ1) is 13.6. The molecular weight excluding hydrogens is 265 g/mol. The average molecular weight is 281 g/mol. The summed E-state index contributed by atoms with van der Waals surface area (Å²) < 4.78 is 19.4. The lowest BCUT2D eigenvalue weighted by Crippen LogP contribution is -2.01. The van der Waals surface area contributed by atoms with Gasteiger partial charge in [0.25, 0.3) is 0 Å². The van der Waals surface area contributed by atoms with Crippen molar-refractivity contribution in [3.8, 4) is 5.75 Å². The molecule has 0 fully saturated rings. The highest BCUT2D eigenvalue weighted by Gasteiger charge is 2.07. The van der Waals surface area contributed by atoms with Gasteiger partial charge in [-0.1, -0.05) is 48.5 Å². The number of halogens is 1. The number of fused-ring (bicyclic) bond motifs is 1. The molecule has 0 radical (unpaired) electrons. The predicted octanol–water partition coefficient (Wildman–Crippen LogP) is 4.02. The van der Waals surface area contributed by atoms with Crippen molar-refractivity contribution < 1.29 is 9.13 Å². The third-order valence-electron chi connectivity index (χ3n) is 3.54. The Hall–Kier alpha value is -2.39. The van der Waals surface area contributed by atoms with Gasteiger partial charge < -0.3 is 10.5 Å². The first-order valence-corrected chi connectivity index (χ1v) is 6.86. The fourth-order valence-corrected chi connectivity index (χ4v) is 2.41. The zero-order chi connectivity index (χ0) is 14.7. The summed E-state index contributed by atoms with van der Waals surface area (Å²) in [5, 5.41) is 2.07. The summed E-state index contributed by atoms with van der Waals surface area (Å²) in [4.78, 5) is 0. The van der Waals surface area contributed by atoms with Crippen molar-refractivity contribution >= 4 is 10.8 Å². The first-order chi connectivity index (χ1) is 10.3. The van der Waals surface area contributed by atoms with E-state index in [1.807, 2.05) is 36.4 Å². The number of hydrogen-bond acceptors (Lipinski definition) is 2. The summed E-state index contributed by atoms with van der Waals surface area (Å²) in [5.74, 6) is 0.492. The van der Waals surface area contributed by atoms with Gasteiger partial charge in [-0.15, -0.1) is 0 Å². The minimum absolute atomic E-state index is 0.207. The minimum atomic E-state index is -0.250. The Morgan fingerprint density at radius 3 is 2.29 bits per heavy atom. The van der Waals surface area contributed by atoms with Gasteiger partial charge in [0.05, 0.1) is 0 Å². The van der Waals surface area contributed by atoms with Gasteiger partial charge in [0.2, 0.25) is 0 Å². The maximum absolute atomic E-state index is 13.6. The highest BCUT2D eigenvalue weighted by Crippen LogP contribution is 2.29. The molecule has 0 aliphatic heterocycles. The molecule has 0 unspecified atom stereocenters. The molecule has 0 saturated heterocycles. The van der Waals surface area contributed by atoms with Crippen LogP contribution in [-0.2, 0) is 13.2 Å². The summed E-state index contributed by atoms with van der Waals surface area (Å²) in [5.41, 5.74) is 7.38. The van der Waals surface area contributed by atoms with Crippen LogP contribution in [0.25, 0.3) is 10.8 Å². The Kier molecular flexibility index (Phi) is 3.84. The average Bonchev–Trinajstić information content (AvgIpc) is 2.54. The van der Waals surface area contributed by atoms with Gasteiger partial charge in [0, 0.05) is 17.5 Å². The molecular formula is C18H16FNO. The van der Waals surface area contributed by atoms with Crippen LogP contribution in [-0.4, -0.2) is 0 Å². The lowest BCUT2D eigenvalue weighted by molar-refractivity contribution is 0.303. The molecule has 2 nitrogen and oxygen atoms in total. The predicted molar refractivity (Wildman–Crippen MR) is 82.6 cm³/mol. The van der Waals surface area contributed by atoms with Crippen molar-refractivity contribution in [3.05, 3.63) is 77.6 Å². The molecule has 0 amide bonds. The zero-order valence-electron chi connectivity index (χ0n) is 11.6. The molecule has 0 spiro atoms. The van der Waals surface area contributed by atoms with Gasteiger partial charge in [0.15, 0.2) is 0 Å². The van der Waals surface area contributed by atoms with Crippen molar-refractivity contribution in [2.45, 2.75) is 13.2 Å². The number of benzene rings is 3. The van der Waals surface area contributed by atoms with E-state index < -0.39 is 0 Å². The van der Waals surface area contributed by atoms with Crippen LogP contribution in [0.2, 0.25) is 0 Å². The second-order valence-electron chi connectivity index (χ2n) is 4.85. The lowest BCUT2D eigenvalue weighted by atomic mass is 10.0. The Bertz CT molecular complexity index is 770. The molecule has 3 aromatic carbocycles. The first-order valence-electron chi connectivity index (χ1n) is 6.86. The summed E-state index contributed by atoms with van der Waals surface area (Å²) in [6.07, 6.45) is 0. The lowest BCUT2D eigenvalue weighted by Gasteiger charge is -2.12. The third-order valence-corrected chi connectivity index (χ3v) is 3.54. The van der Waals surface area contributed by atoms with Gasteiger partial charge >= 0.3 is 0 Å². The van der Waals surface area contributed by atoms with E-state index in [9.17, 15) is 4.39 Å². The van der Waals surface area contributed by atoms with Crippen LogP contribution in [0.5, 0.6) is 5.75 Å². The van der Waals surface area contributed by atoms with Gasteiger partial charge in [-0.3, -0.25) is 0 Å². The molecule has 0 heterocycles. The Balaban J connectivity index is 1.93. The Morgan fingerprint density at radius 2 is 1.52 bits per heavy atom. The summed E-state index contributed by atoms with van der Waals surface area (Å²) in [6, 6.07) is 18.4. The standard InChI is InChI=1S/C18H16FNO/c19-17-8-4-1-5-14(17)12-21-18-10-9-13(11-20)15-6-2-3-7-16(15)18/h1-10H,11-12,20H2. The second kappa shape index (κ2) is 5.94. The van der Waals surface area contributed by atoms with Gasteiger partial charge in [-0.2, -0.15) is 0 Å². The topological polar surface area (TPSA) is 35.2 Å². The molecule has 0 aliphatic carbocycles. The van der Waals surface area contributed by atoms with Crippen LogP contribution in [0.3, 0.4) is 0 Å². The highest BCUT2D eigenvalue weighted by molar-refractivity contribution is 5.91. The Labute approximate surface area is 123 Å². The van der Waals surface area contributed by atoms with E-state index in [-0.39, 0.29) is 12.4 Å². The van der Waals surface area contributed by atoms with Gasteiger partial charge in [0.1, 0.15) is 18.2 Å². The SMILES string of the molecule is NCc1ccc(OCc2ccccc2F)c2ccccc12. The Morgan fingerprint density at radius 1 is 0.810 bits per heavy atom. The smallest absolute Gasteiger partial charge is 0.129 e. The fourth-order valence-electron chi connectivity index (χ4n) is 2.41. The van der Waals surface area contributed by atoms with Crippen LogP contribution in [0.4, 0.5) is 4.39 Å². The molecule has 0 aromatic heterocycles. The van der Waals surface area contributed by atoms with Crippen LogP contribution in [0, 0.1) is 5.82 Å². The van der Waals surface area contributed by atoms with E-state index in [0.29, 0.717) is 12.1 Å². The summed E-state index contributed by atoms with van der Waals surface area (Å²) in [7, 11) is 0. The van der Waals surface area contributed by atoms with Gasteiger partial charge in [-0.05, 0) is 23.1 Å². The van der Waals surface area contributed by atoms with Crippen molar-refractivity contribution in [3.63, 3.8) is 0 Å². The van der Waals surface area contributed by atoms with E-state index in [1.54, 1.807) is 18.2 Å². The summed E-state index contributed by atoms with van der Waals surface area (Å²) >= 11 is 0. The van der Waals surface area contributed by atoms with Crippen molar-refractivity contribution in [2.24, 2.45) is 5.73 Å². The number of hydrogen-bond donors (Lipinski definition) is 1. The van der Waals surface area contributed by atoms with Crippen molar-refractivity contribution in [1.82, 2.24) is 0 Å². The van der Waals surface area contributed by atoms with Crippen molar-refractivity contribution in [2.75, 3.05) is 0 Å². The largest absolute Gasteiger partial charge is 0.488 e. The third kappa shape index (κ3) is 2.73. The molecule has 3 aromatic rings. The summed E-state index contributed by atoms with van der Waals surface area (Å²) in [6.45, 7) is 0.687. The molecule has 0 aliphatic rings. The van der Waals surface area contributed by atoms with E-state index in [1.165, 1.54) is 6.07 Å². The van der Waals surface area contributed by atoms with Gasteiger partial charge in [-0.25, -0.2) is 4.39 Å². The second-order valence-corrected chi connectivity index (χ2v) is 4.85. The zero-order valence-corrected chi connectivity index (χ0v) is 11.6. The number of nitrogens with two attached hydrogens (primary N) is 1. The molecule has 0 bridgehead atoms. The molecule has 3 rings (SSSR count). The van der Waals surface area contributed by atoms with E-state index in [0.717, 1.165) is 22.1 Å². The van der Waals surface area contributed by atoms with Crippen LogP contribution in [0.15, 0.2) is 60.7 Å². The number of ether oxygens (including phenoxy) is 1. The maximum atomic E-state index is 13.6. The molecule has 21 heavy (non-hydrogen) atoms. The van der Waals surface area contributed by atoms with Crippen molar-refractivity contribution in [1.29, 1.82) is 0 Å². The van der Waals surface area contributed by atoms with E-state index >= 15 is 0 Å². The van der Waals surface area contributed by atoms with E-state index in [2.05, 4.69) is 0 Å².